The number of piperidine rings is 1. The summed E-state index contributed by atoms with van der Waals surface area (Å²) in [5, 5.41) is 12.5. The maximum Gasteiger partial charge on any atom is 0.238 e. The number of thioether (sulfide) groups is 1. The molecule has 1 N–H and O–H groups in total. The van der Waals surface area contributed by atoms with Crippen LogP contribution in [-0.2, 0) is 11.8 Å². The highest BCUT2D eigenvalue weighted by molar-refractivity contribution is 7.98. The molecule has 2 aromatic carbocycles. The first kappa shape index (κ1) is 21.4. The van der Waals surface area contributed by atoms with Crippen molar-refractivity contribution in [2.45, 2.75) is 23.9 Å². The van der Waals surface area contributed by atoms with E-state index >= 15 is 0 Å². The van der Waals surface area contributed by atoms with E-state index in [2.05, 4.69) is 25.0 Å². The average molecular weight is 438 g/mol. The average Bonchev–Trinajstić information content (AvgIpc) is 3.17. The van der Waals surface area contributed by atoms with Gasteiger partial charge in [-0.1, -0.05) is 30.0 Å². The molecule has 2 heterocycles. The number of ether oxygens (including phenoxy) is 1. The standard InChI is InChI=1S/C23H27N5O2S/c1-27-22(25-26-23(27)31-2)17-12-14-28(15-13-17)16-21(29)24-18-8-10-20(11-9-18)30-19-6-4-3-5-7-19/h3-11,17H,12-16H2,1-2H3,(H,24,29). The smallest absolute Gasteiger partial charge is 0.238 e. The molecule has 0 bridgehead atoms. The number of nitrogens with zero attached hydrogens (tertiary/aromatic N) is 4. The third-order valence-electron chi connectivity index (χ3n) is 5.49. The molecule has 7 nitrogen and oxygen atoms in total. The molecule has 0 aliphatic carbocycles. The zero-order valence-electron chi connectivity index (χ0n) is 17.8. The highest BCUT2D eigenvalue weighted by Crippen LogP contribution is 2.28. The predicted octanol–water partition coefficient (Wildman–Crippen LogP) is 4.15. The van der Waals surface area contributed by atoms with Gasteiger partial charge in [-0.25, -0.2) is 0 Å². The van der Waals surface area contributed by atoms with Gasteiger partial charge in [0.1, 0.15) is 17.3 Å². The number of hydrogen-bond donors (Lipinski definition) is 1. The molecular formula is C23H27N5O2S. The fourth-order valence-corrected chi connectivity index (χ4v) is 4.33. The third-order valence-corrected chi connectivity index (χ3v) is 6.21. The Balaban J connectivity index is 1.24. The van der Waals surface area contributed by atoms with E-state index in [0.717, 1.165) is 54.1 Å². The zero-order valence-corrected chi connectivity index (χ0v) is 18.6. The van der Waals surface area contributed by atoms with Gasteiger partial charge in [-0.3, -0.25) is 9.69 Å². The number of aromatic nitrogens is 3. The first-order chi connectivity index (χ1) is 15.1. The van der Waals surface area contributed by atoms with Gasteiger partial charge in [0.15, 0.2) is 5.16 Å². The van der Waals surface area contributed by atoms with E-state index in [1.165, 1.54) is 0 Å². The second-order valence-electron chi connectivity index (χ2n) is 7.64. The molecule has 0 spiro atoms. The molecule has 0 atom stereocenters. The summed E-state index contributed by atoms with van der Waals surface area (Å²) in [5.41, 5.74) is 0.768. The van der Waals surface area contributed by atoms with E-state index in [1.807, 2.05) is 67.9 Å². The molecule has 3 aromatic rings. The van der Waals surface area contributed by atoms with Crippen molar-refractivity contribution >= 4 is 23.4 Å². The van der Waals surface area contributed by atoms with Crippen LogP contribution in [0.1, 0.15) is 24.6 Å². The Morgan fingerprint density at radius 3 is 2.39 bits per heavy atom. The fraction of sp³-hybridized carbons (Fsp3) is 0.348. The summed E-state index contributed by atoms with van der Waals surface area (Å²) in [6.07, 6.45) is 3.98. The summed E-state index contributed by atoms with van der Waals surface area (Å²) < 4.78 is 7.88. The highest BCUT2D eigenvalue weighted by Gasteiger charge is 2.26. The lowest BCUT2D eigenvalue weighted by Gasteiger charge is -2.30. The van der Waals surface area contributed by atoms with Gasteiger partial charge < -0.3 is 14.6 Å². The van der Waals surface area contributed by atoms with Crippen LogP contribution in [-0.4, -0.2) is 51.5 Å². The Morgan fingerprint density at radius 1 is 1.06 bits per heavy atom. The minimum Gasteiger partial charge on any atom is -0.457 e. The van der Waals surface area contributed by atoms with Crippen molar-refractivity contribution in [3.63, 3.8) is 0 Å². The molecule has 1 aliphatic heterocycles. The van der Waals surface area contributed by atoms with Gasteiger partial charge in [0.25, 0.3) is 0 Å². The lowest BCUT2D eigenvalue weighted by atomic mass is 9.96. The fourth-order valence-electron chi connectivity index (χ4n) is 3.84. The van der Waals surface area contributed by atoms with Gasteiger partial charge >= 0.3 is 0 Å². The number of carbonyl (C=O) groups is 1. The summed E-state index contributed by atoms with van der Waals surface area (Å²) in [5.74, 6) is 2.97. The molecular weight excluding hydrogens is 410 g/mol. The molecule has 31 heavy (non-hydrogen) atoms. The molecule has 0 saturated carbocycles. The van der Waals surface area contributed by atoms with E-state index in [-0.39, 0.29) is 5.91 Å². The predicted molar refractivity (Wildman–Crippen MR) is 123 cm³/mol. The van der Waals surface area contributed by atoms with Gasteiger partial charge in [0.05, 0.1) is 6.54 Å². The van der Waals surface area contributed by atoms with Crippen molar-refractivity contribution in [2.75, 3.05) is 31.2 Å². The van der Waals surface area contributed by atoms with Crippen LogP contribution in [0.2, 0.25) is 0 Å². The minimum atomic E-state index is -0.00138. The maximum absolute atomic E-state index is 12.5. The summed E-state index contributed by atoms with van der Waals surface area (Å²) in [6.45, 7) is 2.15. The van der Waals surface area contributed by atoms with E-state index < -0.39 is 0 Å². The van der Waals surface area contributed by atoms with Gasteiger partial charge in [0, 0.05) is 18.7 Å². The number of likely N-dealkylation sites (tertiary alicyclic amines) is 1. The first-order valence-electron chi connectivity index (χ1n) is 10.4. The quantitative estimate of drug-likeness (QED) is 0.560. The van der Waals surface area contributed by atoms with E-state index in [1.54, 1.807) is 11.8 Å². The first-order valence-corrected chi connectivity index (χ1v) is 11.6. The van der Waals surface area contributed by atoms with Crippen molar-refractivity contribution < 1.29 is 9.53 Å². The van der Waals surface area contributed by atoms with E-state index in [9.17, 15) is 4.79 Å². The summed E-state index contributed by atoms with van der Waals surface area (Å²) in [7, 11) is 2.02. The van der Waals surface area contributed by atoms with Crippen molar-refractivity contribution in [1.82, 2.24) is 19.7 Å². The highest BCUT2D eigenvalue weighted by atomic mass is 32.2. The minimum absolute atomic E-state index is 0.00138. The number of anilines is 1. The van der Waals surface area contributed by atoms with Crippen LogP contribution in [0.25, 0.3) is 0 Å². The summed E-state index contributed by atoms with van der Waals surface area (Å²) >= 11 is 1.61. The maximum atomic E-state index is 12.5. The number of rotatable bonds is 7. The van der Waals surface area contributed by atoms with Crippen LogP contribution in [0, 0.1) is 0 Å². The Labute approximate surface area is 186 Å². The van der Waals surface area contributed by atoms with Gasteiger partial charge in [-0.15, -0.1) is 10.2 Å². The van der Waals surface area contributed by atoms with Crippen LogP contribution >= 0.6 is 11.8 Å². The van der Waals surface area contributed by atoms with Gasteiger partial charge in [0.2, 0.25) is 5.91 Å². The second-order valence-corrected chi connectivity index (χ2v) is 8.42. The van der Waals surface area contributed by atoms with Crippen molar-refractivity contribution in [3.05, 3.63) is 60.4 Å². The Kier molecular flexibility index (Phi) is 6.89. The molecule has 1 aromatic heterocycles. The normalized spacial score (nSPS) is 15.0. The zero-order chi connectivity index (χ0) is 21.6. The van der Waals surface area contributed by atoms with Crippen molar-refractivity contribution in [3.8, 4) is 11.5 Å². The van der Waals surface area contributed by atoms with Crippen LogP contribution in [0.5, 0.6) is 11.5 Å². The van der Waals surface area contributed by atoms with Crippen LogP contribution in [0.4, 0.5) is 5.69 Å². The monoisotopic (exact) mass is 437 g/mol. The Bertz CT molecular complexity index is 999. The van der Waals surface area contributed by atoms with E-state index in [0.29, 0.717) is 12.5 Å². The van der Waals surface area contributed by atoms with Gasteiger partial charge in [-0.2, -0.15) is 0 Å². The van der Waals surface area contributed by atoms with Gasteiger partial charge in [-0.05, 0) is 68.6 Å². The topological polar surface area (TPSA) is 72.3 Å². The van der Waals surface area contributed by atoms with Crippen LogP contribution in [0.15, 0.2) is 59.8 Å². The Hall–Kier alpha value is -2.84. The third kappa shape index (κ3) is 5.45. The molecule has 1 amide bonds. The lowest BCUT2D eigenvalue weighted by molar-refractivity contribution is -0.117. The largest absolute Gasteiger partial charge is 0.457 e. The number of amides is 1. The van der Waals surface area contributed by atoms with Crippen LogP contribution < -0.4 is 10.1 Å². The molecule has 8 heteroatoms. The number of nitrogens with one attached hydrogen (secondary N) is 1. The molecule has 0 unspecified atom stereocenters. The SMILES string of the molecule is CSc1nnc(C2CCN(CC(=O)Nc3ccc(Oc4ccccc4)cc3)CC2)n1C. The molecule has 1 fully saturated rings. The lowest BCUT2D eigenvalue weighted by Crippen LogP contribution is -2.39. The molecule has 4 rings (SSSR count). The second kappa shape index (κ2) is 9.98. The number of para-hydroxylation sites is 1. The summed E-state index contributed by atoms with van der Waals surface area (Å²) in [4.78, 5) is 14.7. The summed E-state index contributed by atoms with van der Waals surface area (Å²) in [6, 6.07) is 17.1. The molecule has 1 saturated heterocycles. The van der Waals surface area contributed by atoms with Crippen LogP contribution in [0.3, 0.4) is 0 Å². The number of benzene rings is 2. The number of carbonyl (C=O) groups excluding carboxylic acids is 1. The molecule has 0 radical (unpaired) electrons. The molecule has 1 aliphatic rings. The molecule has 162 valence electrons. The van der Waals surface area contributed by atoms with Crippen molar-refractivity contribution in [1.29, 1.82) is 0 Å². The van der Waals surface area contributed by atoms with Crippen molar-refractivity contribution in [2.24, 2.45) is 7.05 Å². The number of hydrogen-bond acceptors (Lipinski definition) is 6. The Morgan fingerprint density at radius 2 is 1.74 bits per heavy atom. The van der Waals surface area contributed by atoms with E-state index in [4.69, 9.17) is 4.74 Å².